The Morgan fingerprint density at radius 2 is 1.61 bits per heavy atom. The summed E-state index contributed by atoms with van der Waals surface area (Å²) in [5.74, 6) is -0.0679. The Hall–Kier alpha value is -5.52. The molecule has 2 heterocycles. The summed E-state index contributed by atoms with van der Waals surface area (Å²) in [6.07, 6.45) is 0.325. The zero-order chi connectivity index (χ0) is 35.1. The van der Waals surface area contributed by atoms with Crippen molar-refractivity contribution in [3.05, 3.63) is 101 Å². The van der Waals surface area contributed by atoms with Crippen molar-refractivity contribution in [2.45, 2.75) is 59.1 Å². The molecule has 0 amide bonds. The van der Waals surface area contributed by atoms with Crippen molar-refractivity contribution in [3.63, 3.8) is 0 Å². The van der Waals surface area contributed by atoms with E-state index < -0.39 is 23.1 Å². The first-order chi connectivity index (χ1) is 23.4. The van der Waals surface area contributed by atoms with Crippen LogP contribution in [-0.4, -0.2) is 67.9 Å². The quantitative estimate of drug-likeness (QED) is 0.0709. The van der Waals surface area contributed by atoms with E-state index >= 15 is 0 Å². The number of carbonyl (C=O) groups excluding carboxylic acids is 1. The minimum atomic E-state index is -1.42. The number of rotatable bonds is 14. The Labute approximate surface area is 280 Å². The number of hydrogen-bond acceptors (Lipinski definition) is 13. The SMILES string of the molecule is CCCc1nc(C(C)(C)O)c(C(=O)O)n1Cc1ccc(-c2ccccc2-c2nnn(COC(=O)Oc3ccc(CON(O)O)cc3)n2)cc1. The van der Waals surface area contributed by atoms with Gasteiger partial charge in [0.15, 0.2) is 5.69 Å². The second kappa shape index (κ2) is 15.1. The number of carboxylic acids is 1. The van der Waals surface area contributed by atoms with E-state index in [0.717, 1.165) is 27.9 Å². The smallest absolute Gasteiger partial charge is 0.477 e. The monoisotopic (exact) mass is 673 g/mol. The first-order valence-corrected chi connectivity index (χ1v) is 15.2. The van der Waals surface area contributed by atoms with Gasteiger partial charge in [-0.25, -0.2) is 19.4 Å². The summed E-state index contributed by atoms with van der Waals surface area (Å²) in [5.41, 5.74) is 2.48. The fourth-order valence-electron chi connectivity index (χ4n) is 5.06. The number of carbonyl (C=O) groups is 2. The highest BCUT2D eigenvalue weighted by molar-refractivity contribution is 5.87. The molecule has 0 fully saturated rings. The lowest BCUT2D eigenvalue weighted by atomic mass is 9.98. The van der Waals surface area contributed by atoms with Gasteiger partial charge in [0.2, 0.25) is 12.6 Å². The number of ether oxygens (including phenoxy) is 2. The number of hydrogen-bond donors (Lipinski definition) is 4. The normalized spacial score (nSPS) is 11.6. The molecule has 3 aromatic carbocycles. The molecule has 0 aliphatic rings. The fourth-order valence-corrected chi connectivity index (χ4v) is 5.06. The van der Waals surface area contributed by atoms with Crippen LogP contribution in [0.25, 0.3) is 22.5 Å². The molecule has 5 rings (SSSR count). The Morgan fingerprint density at radius 3 is 2.24 bits per heavy atom. The number of tetrazole rings is 1. The molecule has 4 N–H and O–H groups in total. The lowest BCUT2D eigenvalue weighted by molar-refractivity contribution is -0.497. The average molecular weight is 674 g/mol. The van der Waals surface area contributed by atoms with Gasteiger partial charge in [-0.15, -0.1) is 15.0 Å². The summed E-state index contributed by atoms with van der Waals surface area (Å²) in [5, 5.41) is 50.0. The highest BCUT2D eigenvalue weighted by atomic mass is 17.1. The van der Waals surface area contributed by atoms with Crippen LogP contribution in [0, 0.1) is 0 Å². The van der Waals surface area contributed by atoms with Crippen LogP contribution in [0.1, 0.15) is 60.3 Å². The third-order valence-corrected chi connectivity index (χ3v) is 7.30. The van der Waals surface area contributed by atoms with Gasteiger partial charge in [0.1, 0.15) is 22.9 Å². The lowest BCUT2D eigenvalue weighted by Gasteiger charge is -2.16. The molecular weight excluding hydrogens is 638 g/mol. The van der Waals surface area contributed by atoms with Gasteiger partial charge in [-0.05, 0) is 59.9 Å². The summed E-state index contributed by atoms with van der Waals surface area (Å²) >= 11 is 0. The van der Waals surface area contributed by atoms with Gasteiger partial charge in [0, 0.05) is 18.5 Å². The second-order valence-corrected chi connectivity index (χ2v) is 11.4. The number of carboxylic acid groups (broad SMARTS) is 1. The molecule has 0 atom stereocenters. The number of aromatic nitrogens is 6. The molecule has 49 heavy (non-hydrogen) atoms. The number of aryl methyl sites for hydroxylation is 1. The summed E-state index contributed by atoms with van der Waals surface area (Å²) in [4.78, 5) is 34.6. The van der Waals surface area contributed by atoms with E-state index in [4.69, 9.17) is 19.9 Å². The molecule has 256 valence electrons. The van der Waals surface area contributed by atoms with Crippen LogP contribution in [0.5, 0.6) is 5.75 Å². The van der Waals surface area contributed by atoms with E-state index in [2.05, 4.69) is 25.2 Å². The maximum Gasteiger partial charge on any atom is 0.515 e. The molecule has 0 spiro atoms. The van der Waals surface area contributed by atoms with Crippen LogP contribution in [0.2, 0.25) is 0 Å². The van der Waals surface area contributed by atoms with Gasteiger partial charge in [0.05, 0.1) is 12.0 Å². The van der Waals surface area contributed by atoms with Crippen molar-refractivity contribution in [3.8, 4) is 28.3 Å². The molecule has 0 aliphatic carbocycles. The van der Waals surface area contributed by atoms with Crippen molar-refractivity contribution in [1.29, 1.82) is 0 Å². The van der Waals surface area contributed by atoms with Crippen LogP contribution in [0.15, 0.2) is 72.8 Å². The largest absolute Gasteiger partial charge is 0.515 e. The van der Waals surface area contributed by atoms with Crippen LogP contribution in [-0.2, 0) is 41.5 Å². The van der Waals surface area contributed by atoms with E-state index in [-0.39, 0.29) is 37.0 Å². The van der Waals surface area contributed by atoms with E-state index in [9.17, 15) is 19.8 Å². The van der Waals surface area contributed by atoms with Crippen molar-refractivity contribution >= 4 is 12.1 Å². The minimum Gasteiger partial charge on any atom is -0.477 e. The molecule has 5 aromatic rings. The highest BCUT2D eigenvalue weighted by Crippen LogP contribution is 2.31. The molecular formula is C33H35N7O9. The molecule has 2 aromatic heterocycles. The fraction of sp³-hybridized carbons (Fsp3) is 0.273. The number of nitrogens with zero attached hydrogens (tertiary/aromatic N) is 7. The summed E-state index contributed by atoms with van der Waals surface area (Å²) < 4.78 is 11.9. The lowest BCUT2D eigenvalue weighted by Crippen LogP contribution is -2.22. The van der Waals surface area contributed by atoms with Gasteiger partial charge in [-0.1, -0.05) is 67.6 Å². The third-order valence-electron chi connectivity index (χ3n) is 7.30. The first kappa shape index (κ1) is 34.8. The standard InChI is InChI=1S/C33H35N7O9/c1-4-7-27-34-29(33(2,3)44)28(31(41)42)38(27)18-21-10-14-23(15-11-21)25-8-5-6-9-26(25)30-35-37-39(36-30)20-47-32(43)49-24-16-12-22(13-17-24)19-48-40(45)46/h5-6,8-17,44-46H,4,7,18-20H2,1-3H3,(H,41,42). The zero-order valence-corrected chi connectivity index (χ0v) is 26.9. The Morgan fingerprint density at radius 1 is 0.939 bits per heavy atom. The maximum absolute atomic E-state index is 12.3. The van der Waals surface area contributed by atoms with Crippen LogP contribution < -0.4 is 4.74 Å². The van der Waals surface area contributed by atoms with E-state index in [1.165, 1.54) is 26.0 Å². The molecule has 0 radical (unpaired) electrons. The molecule has 0 bridgehead atoms. The number of imidazole rings is 1. The van der Waals surface area contributed by atoms with Crippen molar-refractivity contribution in [1.82, 2.24) is 35.1 Å². The predicted octanol–water partition coefficient (Wildman–Crippen LogP) is 4.82. The second-order valence-electron chi connectivity index (χ2n) is 11.4. The van der Waals surface area contributed by atoms with Gasteiger partial charge >= 0.3 is 12.1 Å². The molecule has 0 saturated heterocycles. The predicted molar refractivity (Wildman–Crippen MR) is 170 cm³/mol. The van der Waals surface area contributed by atoms with Gasteiger partial charge in [-0.3, -0.25) is 10.4 Å². The number of aliphatic hydroxyl groups is 1. The Kier molecular flexibility index (Phi) is 10.8. The zero-order valence-electron chi connectivity index (χ0n) is 26.9. The van der Waals surface area contributed by atoms with Gasteiger partial charge in [0.25, 0.3) is 0 Å². The van der Waals surface area contributed by atoms with Crippen LogP contribution >= 0.6 is 0 Å². The summed E-state index contributed by atoms with van der Waals surface area (Å²) in [6.45, 7) is 4.82. The molecule has 16 nitrogen and oxygen atoms in total. The van der Waals surface area contributed by atoms with Crippen molar-refractivity contribution in [2.24, 2.45) is 0 Å². The molecule has 0 unspecified atom stereocenters. The van der Waals surface area contributed by atoms with Gasteiger partial charge in [-0.2, -0.15) is 0 Å². The minimum absolute atomic E-state index is 0.0304. The number of aromatic carboxylic acids is 1. The summed E-state index contributed by atoms with van der Waals surface area (Å²) in [7, 11) is 0. The van der Waals surface area contributed by atoms with E-state index in [1.807, 2.05) is 55.5 Å². The number of benzene rings is 3. The highest BCUT2D eigenvalue weighted by Gasteiger charge is 2.31. The molecule has 0 saturated carbocycles. The Bertz CT molecular complexity index is 1900. The Balaban J connectivity index is 1.26. The van der Waals surface area contributed by atoms with E-state index in [0.29, 0.717) is 29.2 Å². The van der Waals surface area contributed by atoms with Crippen LogP contribution in [0.4, 0.5) is 4.79 Å². The van der Waals surface area contributed by atoms with E-state index in [1.54, 1.807) is 16.7 Å². The molecule has 16 heteroatoms. The summed E-state index contributed by atoms with van der Waals surface area (Å²) in [6, 6.07) is 21.2. The first-order valence-electron chi connectivity index (χ1n) is 15.2. The van der Waals surface area contributed by atoms with Crippen molar-refractivity contribution < 1.29 is 44.5 Å². The molecule has 0 aliphatic heterocycles. The van der Waals surface area contributed by atoms with Crippen molar-refractivity contribution in [2.75, 3.05) is 0 Å². The third kappa shape index (κ3) is 8.69. The topological polar surface area (TPSA) is 207 Å². The van der Waals surface area contributed by atoms with Crippen LogP contribution in [0.3, 0.4) is 0 Å². The maximum atomic E-state index is 12.3. The van der Waals surface area contributed by atoms with Gasteiger partial charge < -0.3 is 24.3 Å². The average Bonchev–Trinajstić information content (AvgIpc) is 3.69.